The van der Waals surface area contributed by atoms with Gasteiger partial charge in [0.15, 0.2) is 0 Å². The van der Waals surface area contributed by atoms with Crippen molar-refractivity contribution in [1.29, 1.82) is 0 Å². The molecule has 1 heterocycles. The molecule has 0 saturated carbocycles. The van der Waals surface area contributed by atoms with E-state index < -0.39 is 11.2 Å². The third-order valence-corrected chi connectivity index (χ3v) is 1.41. The first kappa shape index (κ1) is 8.26. The fourth-order valence-corrected chi connectivity index (χ4v) is 0.758. The highest BCUT2D eigenvalue weighted by molar-refractivity contribution is 5.69. The minimum atomic E-state index is -0.527. The van der Waals surface area contributed by atoms with Crippen molar-refractivity contribution in [3.05, 3.63) is 51.8 Å². The lowest BCUT2D eigenvalue weighted by molar-refractivity contribution is 1.03. The molecule has 0 fully saturated rings. The number of rotatable bonds is 2. The van der Waals surface area contributed by atoms with Crippen molar-refractivity contribution in [2.75, 3.05) is 0 Å². The Morgan fingerprint density at radius 2 is 2.17 bits per heavy atom. The maximum atomic E-state index is 11.1. The largest absolute Gasteiger partial charge is 0.325 e. The highest BCUT2D eigenvalue weighted by Gasteiger charge is 1.99. The van der Waals surface area contributed by atoms with Gasteiger partial charge in [0.05, 0.1) is 5.56 Å². The Balaban J connectivity index is 3.37. The van der Waals surface area contributed by atoms with Gasteiger partial charge in [-0.15, -0.1) is 0 Å². The number of H-pyrrole nitrogens is 2. The van der Waals surface area contributed by atoms with Gasteiger partial charge in [-0.2, -0.15) is 0 Å². The number of nitrogens with one attached hydrogen (secondary N) is 2. The van der Waals surface area contributed by atoms with E-state index in [-0.39, 0.29) is 0 Å². The molecule has 0 aliphatic heterocycles. The predicted molar refractivity (Wildman–Crippen MR) is 46.9 cm³/mol. The molecule has 0 bridgehead atoms. The maximum Gasteiger partial charge on any atom is 0.325 e. The van der Waals surface area contributed by atoms with Crippen LogP contribution in [0.3, 0.4) is 0 Å². The van der Waals surface area contributed by atoms with Gasteiger partial charge in [-0.05, 0) is 5.57 Å². The van der Waals surface area contributed by atoms with Crippen LogP contribution in [0, 0.1) is 0 Å². The normalized spacial score (nSPS) is 9.33. The number of allylic oxidation sites excluding steroid dienone is 2. The molecular formula is C8H8N2O2. The SMILES string of the molecule is C=CC(=C)c1c[nH]c(=O)[nH]c1=O. The molecule has 2 N–H and O–H groups in total. The number of aromatic nitrogens is 2. The third-order valence-electron chi connectivity index (χ3n) is 1.41. The standard InChI is InChI=1S/C8H8N2O2/c1-3-5(2)6-4-9-8(12)10-7(6)11/h3-4H,1-2H2,(H2,9,10,11,12). The highest BCUT2D eigenvalue weighted by Crippen LogP contribution is 2.03. The Kier molecular flexibility index (Phi) is 2.09. The first-order valence-electron chi connectivity index (χ1n) is 3.29. The maximum absolute atomic E-state index is 11.1. The zero-order valence-corrected chi connectivity index (χ0v) is 6.39. The van der Waals surface area contributed by atoms with Crippen LogP contribution in [0.15, 0.2) is 35.0 Å². The van der Waals surface area contributed by atoms with E-state index in [4.69, 9.17) is 0 Å². The van der Waals surface area contributed by atoms with Gasteiger partial charge in [0.1, 0.15) is 0 Å². The summed E-state index contributed by atoms with van der Waals surface area (Å²) in [4.78, 5) is 26.1. The van der Waals surface area contributed by atoms with E-state index in [2.05, 4.69) is 23.1 Å². The van der Waals surface area contributed by atoms with Crippen molar-refractivity contribution >= 4 is 5.57 Å². The van der Waals surface area contributed by atoms with E-state index >= 15 is 0 Å². The Hall–Kier alpha value is -1.84. The van der Waals surface area contributed by atoms with Gasteiger partial charge in [-0.25, -0.2) is 4.79 Å². The van der Waals surface area contributed by atoms with Crippen LogP contribution in [0.25, 0.3) is 5.57 Å². The average molecular weight is 164 g/mol. The average Bonchev–Trinajstić information content (AvgIpc) is 2.03. The second kappa shape index (κ2) is 3.04. The van der Waals surface area contributed by atoms with Crippen LogP contribution in [0.1, 0.15) is 5.56 Å². The quantitative estimate of drug-likeness (QED) is 0.616. The summed E-state index contributed by atoms with van der Waals surface area (Å²) in [6.07, 6.45) is 2.76. The molecule has 0 spiro atoms. The molecule has 62 valence electrons. The molecule has 1 aromatic heterocycles. The van der Waals surface area contributed by atoms with Crippen molar-refractivity contribution in [1.82, 2.24) is 9.97 Å². The number of aromatic amines is 2. The van der Waals surface area contributed by atoms with Crippen LogP contribution in [0.5, 0.6) is 0 Å². The van der Waals surface area contributed by atoms with E-state index in [1.165, 1.54) is 12.3 Å². The minimum Gasteiger partial charge on any atom is -0.313 e. The van der Waals surface area contributed by atoms with Gasteiger partial charge in [-0.3, -0.25) is 9.78 Å². The van der Waals surface area contributed by atoms with Crippen LogP contribution >= 0.6 is 0 Å². The predicted octanol–water partition coefficient (Wildman–Crippen LogP) is 0.262. The van der Waals surface area contributed by atoms with Crippen molar-refractivity contribution in [3.63, 3.8) is 0 Å². The monoisotopic (exact) mass is 164 g/mol. The van der Waals surface area contributed by atoms with Crippen molar-refractivity contribution < 1.29 is 0 Å². The fourth-order valence-electron chi connectivity index (χ4n) is 0.758. The van der Waals surface area contributed by atoms with Crippen LogP contribution in [0.4, 0.5) is 0 Å². The molecule has 0 atom stereocenters. The smallest absolute Gasteiger partial charge is 0.313 e. The fraction of sp³-hybridized carbons (Fsp3) is 0. The lowest BCUT2D eigenvalue weighted by Crippen LogP contribution is -2.23. The Bertz CT molecular complexity index is 425. The third kappa shape index (κ3) is 1.42. The molecule has 1 rings (SSSR count). The summed E-state index contributed by atoms with van der Waals surface area (Å²) < 4.78 is 0. The molecule has 0 unspecified atom stereocenters. The van der Waals surface area contributed by atoms with Gasteiger partial charge in [0.25, 0.3) is 5.56 Å². The van der Waals surface area contributed by atoms with E-state index in [1.54, 1.807) is 0 Å². The second-order valence-electron chi connectivity index (χ2n) is 2.21. The summed E-state index contributed by atoms with van der Waals surface area (Å²) in [7, 11) is 0. The molecule has 0 radical (unpaired) electrons. The molecule has 0 saturated heterocycles. The Morgan fingerprint density at radius 3 is 2.67 bits per heavy atom. The topological polar surface area (TPSA) is 65.7 Å². The molecule has 0 aliphatic carbocycles. The van der Waals surface area contributed by atoms with Gasteiger partial charge in [-0.1, -0.05) is 19.2 Å². The van der Waals surface area contributed by atoms with Crippen LogP contribution < -0.4 is 11.2 Å². The van der Waals surface area contributed by atoms with Crippen LogP contribution in [-0.2, 0) is 0 Å². The molecule has 4 nitrogen and oxygen atoms in total. The Morgan fingerprint density at radius 1 is 1.50 bits per heavy atom. The van der Waals surface area contributed by atoms with E-state index in [0.29, 0.717) is 11.1 Å². The molecule has 12 heavy (non-hydrogen) atoms. The highest BCUT2D eigenvalue weighted by atomic mass is 16.2. The van der Waals surface area contributed by atoms with Gasteiger partial charge < -0.3 is 4.98 Å². The van der Waals surface area contributed by atoms with E-state index in [9.17, 15) is 9.59 Å². The second-order valence-corrected chi connectivity index (χ2v) is 2.21. The van der Waals surface area contributed by atoms with Crippen molar-refractivity contribution in [2.45, 2.75) is 0 Å². The van der Waals surface area contributed by atoms with Gasteiger partial charge in [0, 0.05) is 6.20 Å². The zero-order chi connectivity index (χ0) is 9.14. The summed E-state index contributed by atoms with van der Waals surface area (Å²) >= 11 is 0. The molecule has 4 heteroatoms. The number of hydrogen-bond donors (Lipinski definition) is 2. The lowest BCUT2D eigenvalue weighted by Gasteiger charge is -1.95. The van der Waals surface area contributed by atoms with E-state index in [0.717, 1.165) is 0 Å². The summed E-state index contributed by atoms with van der Waals surface area (Å²) in [5.74, 6) is 0. The number of hydrogen-bond acceptors (Lipinski definition) is 2. The summed E-state index contributed by atoms with van der Waals surface area (Å²) in [5, 5.41) is 0. The van der Waals surface area contributed by atoms with Crippen LogP contribution in [-0.4, -0.2) is 9.97 Å². The molecular weight excluding hydrogens is 156 g/mol. The van der Waals surface area contributed by atoms with Crippen LogP contribution in [0.2, 0.25) is 0 Å². The van der Waals surface area contributed by atoms with Crippen molar-refractivity contribution in [2.24, 2.45) is 0 Å². The lowest BCUT2D eigenvalue weighted by atomic mass is 10.1. The summed E-state index contributed by atoms with van der Waals surface area (Å²) in [5.41, 5.74) is -0.179. The van der Waals surface area contributed by atoms with Gasteiger partial charge >= 0.3 is 5.69 Å². The first-order valence-corrected chi connectivity index (χ1v) is 3.29. The molecule has 0 amide bonds. The molecule has 0 aliphatic rings. The van der Waals surface area contributed by atoms with E-state index in [1.807, 2.05) is 0 Å². The molecule has 0 aromatic carbocycles. The minimum absolute atomic E-state index is 0.324. The summed E-state index contributed by atoms with van der Waals surface area (Å²) in [6, 6.07) is 0. The zero-order valence-electron chi connectivity index (χ0n) is 6.39. The summed E-state index contributed by atoms with van der Waals surface area (Å²) in [6.45, 7) is 7.03. The van der Waals surface area contributed by atoms with Gasteiger partial charge in [0.2, 0.25) is 0 Å². The molecule has 1 aromatic rings. The first-order chi connectivity index (χ1) is 5.65. The van der Waals surface area contributed by atoms with Crippen molar-refractivity contribution in [3.8, 4) is 0 Å². The Labute approximate surface area is 68.3 Å².